The SMILES string of the molecule is N/C(=N\N(N)CCO)c1cccc(F)c1Nc1ccc(C(F)(F)F)cc1. The van der Waals surface area contributed by atoms with Crippen molar-refractivity contribution in [2.24, 2.45) is 16.7 Å². The summed E-state index contributed by atoms with van der Waals surface area (Å²) in [5, 5.41) is 16.2. The molecule has 0 spiro atoms. The van der Waals surface area contributed by atoms with Gasteiger partial charge < -0.3 is 16.2 Å². The van der Waals surface area contributed by atoms with Gasteiger partial charge in [-0.1, -0.05) is 6.07 Å². The lowest BCUT2D eigenvalue weighted by Crippen LogP contribution is -2.32. The molecule has 0 aliphatic heterocycles. The summed E-state index contributed by atoms with van der Waals surface area (Å²) in [6.45, 7) is -0.245. The zero-order chi connectivity index (χ0) is 19.3. The largest absolute Gasteiger partial charge is 0.416 e. The van der Waals surface area contributed by atoms with E-state index in [2.05, 4.69) is 10.4 Å². The molecule has 26 heavy (non-hydrogen) atoms. The first-order chi connectivity index (χ1) is 12.2. The number of nitrogens with two attached hydrogens (primary N) is 2. The van der Waals surface area contributed by atoms with Gasteiger partial charge in [-0.2, -0.15) is 13.2 Å². The summed E-state index contributed by atoms with van der Waals surface area (Å²) >= 11 is 0. The van der Waals surface area contributed by atoms with Gasteiger partial charge in [0.15, 0.2) is 5.84 Å². The Hall–Kier alpha value is -2.85. The number of rotatable bonds is 6. The molecule has 0 aliphatic carbocycles. The van der Waals surface area contributed by atoms with Crippen molar-refractivity contribution in [3.05, 3.63) is 59.4 Å². The van der Waals surface area contributed by atoms with Crippen LogP contribution in [0.25, 0.3) is 0 Å². The molecule has 2 aromatic carbocycles. The van der Waals surface area contributed by atoms with E-state index in [1.165, 1.54) is 24.3 Å². The minimum Gasteiger partial charge on any atom is -0.394 e. The Morgan fingerprint density at radius 1 is 1.15 bits per heavy atom. The van der Waals surface area contributed by atoms with Crippen LogP contribution in [-0.4, -0.2) is 29.2 Å². The third kappa shape index (κ3) is 4.83. The van der Waals surface area contributed by atoms with E-state index in [-0.39, 0.29) is 35.9 Å². The number of hydrogen-bond acceptors (Lipinski definition) is 5. The maximum atomic E-state index is 14.2. The average Bonchev–Trinajstić information content (AvgIpc) is 2.56. The lowest BCUT2D eigenvalue weighted by atomic mass is 10.1. The summed E-state index contributed by atoms with van der Waals surface area (Å²) in [5.74, 6) is 4.70. The third-order valence-corrected chi connectivity index (χ3v) is 3.34. The Labute approximate surface area is 146 Å². The van der Waals surface area contributed by atoms with Gasteiger partial charge in [-0.05, 0) is 36.4 Å². The van der Waals surface area contributed by atoms with Gasteiger partial charge in [-0.3, -0.25) is 0 Å². The molecular formula is C16H17F4N5O. The molecule has 140 valence electrons. The molecule has 2 aromatic rings. The Morgan fingerprint density at radius 3 is 2.38 bits per heavy atom. The van der Waals surface area contributed by atoms with E-state index in [1.807, 2.05) is 0 Å². The molecule has 0 saturated heterocycles. The van der Waals surface area contributed by atoms with E-state index in [0.717, 1.165) is 23.3 Å². The van der Waals surface area contributed by atoms with Crippen LogP contribution in [-0.2, 0) is 6.18 Å². The first-order valence-corrected chi connectivity index (χ1v) is 7.42. The molecule has 6 N–H and O–H groups in total. The minimum absolute atomic E-state index is 0.0116. The molecule has 0 aromatic heterocycles. The van der Waals surface area contributed by atoms with Gasteiger partial charge in [-0.15, -0.1) is 5.10 Å². The number of hydrogen-bond donors (Lipinski definition) is 4. The van der Waals surface area contributed by atoms with Crippen LogP contribution >= 0.6 is 0 Å². The predicted octanol–water partition coefficient (Wildman–Crippen LogP) is 2.38. The summed E-state index contributed by atoms with van der Waals surface area (Å²) in [7, 11) is 0. The first kappa shape index (κ1) is 19.5. The Morgan fingerprint density at radius 2 is 1.81 bits per heavy atom. The standard InChI is InChI=1S/C16H17F4N5O/c17-13-3-1-2-12(15(21)24-25(22)8-9-26)14(13)23-11-6-4-10(5-7-11)16(18,19)20/h1-7,23,26H,8-9,22H2,(H2,21,24). The van der Waals surface area contributed by atoms with Gasteiger partial charge in [0.1, 0.15) is 5.82 Å². The smallest absolute Gasteiger partial charge is 0.394 e. The summed E-state index contributed by atoms with van der Waals surface area (Å²) < 4.78 is 52.1. The Bertz CT molecular complexity index is 777. The fourth-order valence-corrected chi connectivity index (χ4v) is 2.10. The normalized spacial score (nSPS) is 12.2. The van der Waals surface area contributed by atoms with Crippen LogP contribution in [0.3, 0.4) is 0 Å². The molecule has 0 radical (unpaired) electrons. The number of halogens is 4. The van der Waals surface area contributed by atoms with Crippen molar-refractivity contribution >= 4 is 17.2 Å². The lowest BCUT2D eigenvalue weighted by Gasteiger charge is -2.16. The molecule has 0 fully saturated rings. The summed E-state index contributed by atoms with van der Waals surface area (Å²) in [4.78, 5) is 0. The maximum Gasteiger partial charge on any atom is 0.416 e. The van der Waals surface area contributed by atoms with Gasteiger partial charge in [-0.25, -0.2) is 15.4 Å². The maximum absolute atomic E-state index is 14.2. The number of alkyl halides is 3. The second-order valence-electron chi connectivity index (χ2n) is 5.23. The molecule has 0 atom stereocenters. The van der Waals surface area contributed by atoms with E-state index in [9.17, 15) is 17.6 Å². The summed E-state index contributed by atoms with van der Waals surface area (Å²) in [6.07, 6.45) is -4.46. The quantitative estimate of drug-likeness (QED) is 0.205. The summed E-state index contributed by atoms with van der Waals surface area (Å²) in [5.41, 5.74) is 5.34. The second-order valence-corrected chi connectivity index (χ2v) is 5.23. The molecule has 0 saturated carbocycles. The van der Waals surface area contributed by atoms with Gasteiger partial charge in [0.2, 0.25) is 0 Å². The fourth-order valence-electron chi connectivity index (χ4n) is 2.10. The molecule has 0 bridgehead atoms. The molecule has 2 rings (SSSR count). The zero-order valence-corrected chi connectivity index (χ0v) is 13.5. The van der Waals surface area contributed by atoms with Crippen molar-refractivity contribution in [2.75, 3.05) is 18.5 Å². The highest BCUT2D eigenvalue weighted by atomic mass is 19.4. The third-order valence-electron chi connectivity index (χ3n) is 3.34. The van der Waals surface area contributed by atoms with E-state index in [0.29, 0.717) is 0 Å². The molecule has 0 heterocycles. The molecule has 0 amide bonds. The molecule has 0 aliphatic rings. The molecule has 0 unspecified atom stereocenters. The molecule has 10 heteroatoms. The number of anilines is 2. The van der Waals surface area contributed by atoms with Crippen LogP contribution < -0.4 is 16.9 Å². The predicted molar refractivity (Wildman–Crippen MR) is 89.8 cm³/mol. The van der Waals surface area contributed by atoms with E-state index < -0.39 is 17.6 Å². The van der Waals surface area contributed by atoms with E-state index in [4.69, 9.17) is 16.7 Å². The average molecular weight is 371 g/mol. The van der Waals surface area contributed by atoms with Gasteiger partial charge in [0.05, 0.1) is 24.4 Å². The van der Waals surface area contributed by atoms with Crippen molar-refractivity contribution in [3.63, 3.8) is 0 Å². The van der Waals surface area contributed by atoms with Gasteiger partial charge in [0, 0.05) is 11.3 Å². The van der Waals surface area contributed by atoms with Crippen LogP contribution in [0.4, 0.5) is 28.9 Å². The highest BCUT2D eigenvalue weighted by Gasteiger charge is 2.30. The molecular weight excluding hydrogens is 354 g/mol. The van der Waals surface area contributed by atoms with Crippen molar-refractivity contribution in [2.45, 2.75) is 6.18 Å². The fraction of sp³-hybridized carbons (Fsp3) is 0.188. The zero-order valence-electron chi connectivity index (χ0n) is 13.5. The number of nitrogens with zero attached hydrogens (tertiary/aromatic N) is 2. The monoisotopic (exact) mass is 371 g/mol. The number of hydrazine groups is 1. The van der Waals surface area contributed by atoms with Gasteiger partial charge in [0.25, 0.3) is 0 Å². The van der Waals surface area contributed by atoms with Crippen LogP contribution in [0, 0.1) is 5.82 Å². The number of aliphatic hydroxyl groups excluding tert-OH is 1. The van der Waals surface area contributed by atoms with Crippen LogP contribution in [0.5, 0.6) is 0 Å². The number of amidine groups is 1. The highest BCUT2D eigenvalue weighted by molar-refractivity contribution is 6.03. The Balaban J connectivity index is 2.32. The lowest BCUT2D eigenvalue weighted by molar-refractivity contribution is -0.137. The first-order valence-electron chi connectivity index (χ1n) is 7.42. The topological polar surface area (TPSA) is 99.9 Å². The van der Waals surface area contributed by atoms with Gasteiger partial charge >= 0.3 is 6.18 Å². The number of aliphatic hydroxyl groups is 1. The second kappa shape index (κ2) is 8.02. The number of benzene rings is 2. The highest BCUT2D eigenvalue weighted by Crippen LogP contribution is 2.31. The van der Waals surface area contributed by atoms with E-state index >= 15 is 0 Å². The van der Waals surface area contributed by atoms with Crippen molar-refractivity contribution in [1.82, 2.24) is 5.12 Å². The number of hydrazone groups is 1. The minimum atomic E-state index is -4.46. The number of para-hydroxylation sites is 1. The van der Waals surface area contributed by atoms with Crippen molar-refractivity contribution in [3.8, 4) is 0 Å². The van der Waals surface area contributed by atoms with Crippen molar-refractivity contribution in [1.29, 1.82) is 0 Å². The van der Waals surface area contributed by atoms with Crippen LogP contribution in [0.2, 0.25) is 0 Å². The molecule has 6 nitrogen and oxygen atoms in total. The van der Waals surface area contributed by atoms with E-state index in [1.54, 1.807) is 0 Å². The summed E-state index contributed by atoms with van der Waals surface area (Å²) in [6, 6.07) is 8.14. The van der Waals surface area contributed by atoms with Crippen molar-refractivity contribution < 1.29 is 22.7 Å². The number of nitrogens with one attached hydrogen (secondary N) is 1. The van der Waals surface area contributed by atoms with Crippen LogP contribution in [0.15, 0.2) is 47.6 Å². The Kier molecular flexibility index (Phi) is 6.01. The van der Waals surface area contributed by atoms with Crippen LogP contribution in [0.1, 0.15) is 11.1 Å².